The summed E-state index contributed by atoms with van der Waals surface area (Å²) in [5, 5.41) is 8.49. The van der Waals surface area contributed by atoms with Crippen LogP contribution in [0.25, 0.3) is 0 Å². The maximum absolute atomic E-state index is 12.1. The van der Waals surface area contributed by atoms with E-state index in [9.17, 15) is 9.59 Å². The molecular formula is C19H21ClN4O3. The second-order valence-electron chi connectivity index (χ2n) is 6.16. The van der Waals surface area contributed by atoms with Gasteiger partial charge in [0.25, 0.3) is 5.91 Å². The predicted molar refractivity (Wildman–Crippen MR) is 107 cm³/mol. The second kappa shape index (κ2) is 8.64. The quantitative estimate of drug-likeness (QED) is 0.663. The average Bonchev–Trinajstić information content (AvgIpc) is 2.66. The molecule has 3 amide bonds. The van der Waals surface area contributed by atoms with Gasteiger partial charge < -0.3 is 25.6 Å². The van der Waals surface area contributed by atoms with E-state index in [0.717, 1.165) is 18.7 Å². The number of fused-ring (bicyclic) bond motifs is 1. The Balaban J connectivity index is 1.46. The number of hydrogen-bond acceptors (Lipinski definition) is 4. The molecule has 0 saturated heterocycles. The highest BCUT2D eigenvalue weighted by Crippen LogP contribution is 2.36. The molecule has 0 bridgehead atoms. The van der Waals surface area contributed by atoms with E-state index in [1.165, 1.54) is 0 Å². The summed E-state index contributed by atoms with van der Waals surface area (Å²) < 4.78 is 5.33. The maximum atomic E-state index is 12.1. The van der Waals surface area contributed by atoms with Gasteiger partial charge >= 0.3 is 6.03 Å². The number of nitrogens with zero attached hydrogens (tertiary/aromatic N) is 1. The molecule has 0 spiro atoms. The Morgan fingerprint density at radius 2 is 2.07 bits per heavy atom. The monoisotopic (exact) mass is 388 g/mol. The van der Waals surface area contributed by atoms with Crippen LogP contribution < -0.4 is 25.6 Å². The molecule has 3 rings (SSSR count). The predicted octanol–water partition coefficient (Wildman–Crippen LogP) is 3.32. The topological polar surface area (TPSA) is 82.7 Å². The van der Waals surface area contributed by atoms with Crippen molar-refractivity contribution in [3.8, 4) is 5.75 Å². The van der Waals surface area contributed by atoms with Crippen molar-refractivity contribution in [1.82, 2.24) is 5.32 Å². The van der Waals surface area contributed by atoms with E-state index in [0.29, 0.717) is 28.7 Å². The molecule has 0 atom stereocenters. The molecule has 1 heterocycles. The van der Waals surface area contributed by atoms with Crippen LogP contribution in [0.1, 0.15) is 6.42 Å². The van der Waals surface area contributed by atoms with E-state index >= 15 is 0 Å². The fourth-order valence-corrected chi connectivity index (χ4v) is 2.90. The lowest BCUT2D eigenvalue weighted by Gasteiger charge is -2.20. The lowest BCUT2D eigenvalue weighted by atomic mass is 10.2. The van der Waals surface area contributed by atoms with Gasteiger partial charge in [0.2, 0.25) is 0 Å². The Hall–Kier alpha value is -2.93. The van der Waals surface area contributed by atoms with E-state index in [1.807, 2.05) is 37.4 Å². The number of nitrogens with one attached hydrogen (secondary N) is 3. The summed E-state index contributed by atoms with van der Waals surface area (Å²) in [6, 6.07) is 12.9. The SMILES string of the molecule is CN(CCCNC(=O)Nc1cc2c(cc1Cl)NC(=O)CO2)c1ccccc1. The first-order chi connectivity index (χ1) is 13.0. The molecule has 27 heavy (non-hydrogen) atoms. The average molecular weight is 389 g/mol. The summed E-state index contributed by atoms with van der Waals surface area (Å²) in [5.74, 6) is 0.233. The minimum absolute atomic E-state index is 0.0603. The molecule has 0 aliphatic carbocycles. The van der Waals surface area contributed by atoms with Gasteiger partial charge in [-0.15, -0.1) is 0 Å². The van der Waals surface area contributed by atoms with Crippen LogP contribution in [0.4, 0.5) is 21.9 Å². The molecule has 0 fully saturated rings. The first-order valence-electron chi connectivity index (χ1n) is 8.60. The van der Waals surface area contributed by atoms with Gasteiger partial charge in [-0.25, -0.2) is 4.79 Å². The second-order valence-corrected chi connectivity index (χ2v) is 6.56. The smallest absolute Gasteiger partial charge is 0.319 e. The zero-order valence-corrected chi connectivity index (χ0v) is 15.7. The molecule has 1 aliphatic rings. The molecule has 0 saturated carbocycles. The van der Waals surface area contributed by atoms with Gasteiger partial charge in [-0.2, -0.15) is 0 Å². The molecule has 0 aromatic heterocycles. The summed E-state index contributed by atoms with van der Waals surface area (Å²) in [7, 11) is 2.01. The maximum Gasteiger partial charge on any atom is 0.319 e. The van der Waals surface area contributed by atoms with Crippen LogP contribution in [0.3, 0.4) is 0 Å². The van der Waals surface area contributed by atoms with Crippen molar-refractivity contribution in [2.24, 2.45) is 0 Å². The Morgan fingerprint density at radius 1 is 1.30 bits per heavy atom. The van der Waals surface area contributed by atoms with Crippen LogP contribution in [0.5, 0.6) is 5.75 Å². The van der Waals surface area contributed by atoms with Crippen LogP contribution in [0.2, 0.25) is 5.02 Å². The molecule has 1 aliphatic heterocycles. The normalized spacial score (nSPS) is 12.4. The Labute approximate surface area is 162 Å². The first kappa shape index (κ1) is 18.8. The fourth-order valence-electron chi connectivity index (χ4n) is 2.69. The molecule has 0 radical (unpaired) electrons. The summed E-state index contributed by atoms with van der Waals surface area (Å²) >= 11 is 6.17. The number of carbonyl (C=O) groups is 2. The molecule has 3 N–H and O–H groups in total. The van der Waals surface area contributed by atoms with Crippen LogP contribution in [-0.2, 0) is 4.79 Å². The van der Waals surface area contributed by atoms with E-state index < -0.39 is 0 Å². The minimum Gasteiger partial charge on any atom is -0.482 e. The molecule has 8 heteroatoms. The number of carbonyl (C=O) groups excluding carboxylic acids is 2. The lowest BCUT2D eigenvalue weighted by Crippen LogP contribution is -2.32. The number of hydrogen-bond donors (Lipinski definition) is 3. The van der Waals surface area contributed by atoms with Gasteiger partial charge in [-0.05, 0) is 24.6 Å². The zero-order chi connectivity index (χ0) is 19.2. The first-order valence-corrected chi connectivity index (χ1v) is 8.98. The molecule has 2 aromatic carbocycles. The van der Waals surface area contributed by atoms with E-state index in [1.54, 1.807) is 12.1 Å². The summed E-state index contributed by atoms with van der Waals surface area (Å²) in [6.07, 6.45) is 0.797. The Morgan fingerprint density at radius 3 is 2.85 bits per heavy atom. The van der Waals surface area contributed by atoms with Gasteiger partial charge in [-0.3, -0.25) is 4.79 Å². The zero-order valence-electron chi connectivity index (χ0n) is 14.9. The highest BCUT2D eigenvalue weighted by Gasteiger charge is 2.19. The van der Waals surface area contributed by atoms with Crippen molar-refractivity contribution in [3.05, 3.63) is 47.5 Å². The number of rotatable bonds is 6. The minimum atomic E-state index is -0.348. The largest absolute Gasteiger partial charge is 0.482 e. The summed E-state index contributed by atoms with van der Waals surface area (Å²) in [4.78, 5) is 25.5. The molecule has 7 nitrogen and oxygen atoms in total. The van der Waals surface area contributed by atoms with E-state index in [4.69, 9.17) is 16.3 Å². The van der Waals surface area contributed by atoms with Gasteiger partial charge in [0.15, 0.2) is 6.61 Å². The van der Waals surface area contributed by atoms with Crippen molar-refractivity contribution < 1.29 is 14.3 Å². The number of halogens is 1. The number of para-hydroxylation sites is 1. The van der Waals surface area contributed by atoms with Gasteiger partial charge in [0, 0.05) is 31.9 Å². The molecule has 142 valence electrons. The molecule has 0 unspecified atom stereocenters. The van der Waals surface area contributed by atoms with Crippen molar-refractivity contribution in [1.29, 1.82) is 0 Å². The highest BCUT2D eigenvalue weighted by molar-refractivity contribution is 6.34. The number of anilines is 3. The van der Waals surface area contributed by atoms with Gasteiger partial charge in [-0.1, -0.05) is 29.8 Å². The Bertz CT molecular complexity index is 829. The number of benzene rings is 2. The summed E-state index contributed by atoms with van der Waals surface area (Å²) in [6.45, 7) is 1.28. The van der Waals surface area contributed by atoms with Crippen LogP contribution in [0.15, 0.2) is 42.5 Å². The number of urea groups is 1. The van der Waals surface area contributed by atoms with Crippen LogP contribution in [-0.4, -0.2) is 38.7 Å². The number of amides is 3. The van der Waals surface area contributed by atoms with Crippen LogP contribution in [0, 0.1) is 0 Å². The van der Waals surface area contributed by atoms with Gasteiger partial charge in [0.05, 0.1) is 16.4 Å². The van der Waals surface area contributed by atoms with Crippen molar-refractivity contribution in [3.63, 3.8) is 0 Å². The fraction of sp³-hybridized carbons (Fsp3) is 0.263. The highest BCUT2D eigenvalue weighted by atomic mass is 35.5. The standard InChI is InChI=1S/C19H21ClN4O3/c1-24(13-6-3-2-4-7-13)9-5-8-21-19(26)23-15-11-17-16(10-14(15)20)22-18(25)12-27-17/h2-4,6-7,10-11H,5,8-9,12H2,1H3,(H,22,25)(H2,21,23,26). The summed E-state index contributed by atoms with van der Waals surface area (Å²) in [5.41, 5.74) is 2.05. The lowest BCUT2D eigenvalue weighted by molar-refractivity contribution is -0.118. The third kappa shape index (κ3) is 5.04. The number of ether oxygens (including phenoxy) is 1. The molecule has 2 aromatic rings. The van der Waals surface area contributed by atoms with Crippen molar-refractivity contribution in [2.75, 3.05) is 42.3 Å². The van der Waals surface area contributed by atoms with E-state index in [-0.39, 0.29) is 18.5 Å². The van der Waals surface area contributed by atoms with Crippen molar-refractivity contribution in [2.45, 2.75) is 6.42 Å². The molecular weight excluding hydrogens is 368 g/mol. The third-order valence-electron chi connectivity index (χ3n) is 4.10. The Kier molecular flexibility index (Phi) is 6.03. The van der Waals surface area contributed by atoms with Crippen molar-refractivity contribution >= 4 is 40.6 Å². The van der Waals surface area contributed by atoms with Gasteiger partial charge in [0.1, 0.15) is 5.75 Å². The van der Waals surface area contributed by atoms with Crippen LogP contribution >= 0.6 is 11.6 Å². The third-order valence-corrected chi connectivity index (χ3v) is 4.42. The van der Waals surface area contributed by atoms with E-state index in [2.05, 4.69) is 20.9 Å².